The summed E-state index contributed by atoms with van der Waals surface area (Å²) in [5.74, 6) is 0.332. The van der Waals surface area contributed by atoms with E-state index in [2.05, 4.69) is 15.9 Å². The SMILES string of the molecule is CCCN(CC)S(=O)(=O)c1cc(CCl)sc1Br. The van der Waals surface area contributed by atoms with Crippen molar-refractivity contribution in [2.75, 3.05) is 13.1 Å². The number of rotatable bonds is 6. The molecule has 0 atom stereocenters. The maximum atomic E-state index is 12.4. The second kappa shape index (κ2) is 6.52. The second-order valence-electron chi connectivity index (χ2n) is 3.48. The molecule has 1 aromatic heterocycles. The van der Waals surface area contributed by atoms with Crippen molar-refractivity contribution in [2.45, 2.75) is 31.0 Å². The third kappa shape index (κ3) is 3.44. The van der Waals surface area contributed by atoms with E-state index in [0.717, 1.165) is 11.3 Å². The highest BCUT2D eigenvalue weighted by Crippen LogP contribution is 2.34. The minimum atomic E-state index is -3.39. The third-order valence-corrected chi connectivity index (χ3v) is 6.95. The lowest BCUT2D eigenvalue weighted by Crippen LogP contribution is -2.31. The van der Waals surface area contributed by atoms with Gasteiger partial charge in [0.1, 0.15) is 4.90 Å². The van der Waals surface area contributed by atoms with Crippen LogP contribution in [0.3, 0.4) is 0 Å². The lowest BCUT2D eigenvalue weighted by atomic mass is 10.5. The Labute approximate surface area is 120 Å². The van der Waals surface area contributed by atoms with E-state index in [1.165, 1.54) is 15.6 Å². The Bertz CT molecular complexity index is 473. The highest BCUT2D eigenvalue weighted by Gasteiger charge is 2.26. The summed E-state index contributed by atoms with van der Waals surface area (Å²) in [5.41, 5.74) is 0. The van der Waals surface area contributed by atoms with Gasteiger partial charge in [0.25, 0.3) is 0 Å². The first-order valence-corrected chi connectivity index (χ1v) is 8.90. The quantitative estimate of drug-likeness (QED) is 0.726. The fourth-order valence-electron chi connectivity index (χ4n) is 1.48. The van der Waals surface area contributed by atoms with Crippen molar-refractivity contribution >= 4 is 48.9 Å². The summed E-state index contributed by atoms with van der Waals surface area (Å²) in [5, 5.41) is 0. The van der Waals surface area contributed by atoms with Gasteiger partial charge in [0.15, 0.2) is 0 Å². The number of alkyl halides is 1. The summed E-state index contributed by atoms with van der Waals surface area (Å²) in [6.07, 6.45) is 0.803. The zero-order valence-corrected chi connectivity index (χ0v) is 13.7. The standard InChI is InChI=1S/C10H15BrClNO2S2/c1-3-5-13(4-2)17(14,15)9-6-8(7-12)16-10(9)11/h6H,3-5,7H2,1-2H3. The van der Waals surface area contributed by atoms with Crippen LogP contribution in [0.4, 0.5) is 0 Å². The molecule has 0 unspecified atom stereocenters. The van der Waals surface area contributed by atoms with Gasteiger partial charge in [-0.1, -0.05) is 13.8 Å². The van der Waals surface area contributed by atoms with Crippen LogP contribution in [0, 0.1) is 0 Å². The topological polar surface area (TPSA) is 37.4 Å². The highest BCUT2D eigenvalue weighted by atomic mass is 79.9. The molecule has 1 heterocycles. The Morgan fingerprint density at radius 3 is 2.53 bits per heavy atom. The van der Waals surface area contributed by atoms with Gasteiger partial charge in [0, 0.05) is 18.0 Å². The van der Waals surface area contributed by atoms with Crippen molar-refractivity contribution in [3.8, 4) is 0 Å². The van der Waals surface area contributed by atoms with Gasteiger partial charge >= 0.3 is 0 Å². The van der Waals surface area contributed by atoms with Crippen molar-refractivity contribution < 1.29 is 8.42 Å². The van der Waals surface area contributed by atoms with Gasteiger partial charge in [-0.2, -0.15) is 4.31 Å². The first kappa shape index (κ1) is 15.4. The molecule has 0 bridgehead atoms. The van der Waals surface area contributed by atoms with E-state index >= 15 is 0 Å². The van der Waals surface area contributed by atoms with Gasteiger partial charge in [-0.3, -0.25) is 0 Å². The van der Waals surface area contributed by atoms with Crippen LogP contribution >= 0.6 is 38.9 Å². The molecule has 0 amide bonds. The fourth-order valence-corrected chi connectivity index (χ4v) is 5.74. The number of sulfonamides is 1. The van der Waals surface area contributed by atoms with E-state index < -0.39 is 10.0 Å². The van der Waals surface area contributed by atoms with Crippen molar-refractivity contribution in [3.05, 3.63) is 14.7 Å². The van der Waals surface area contributed by atoms with E-state index in [1.807, 2.05) is 13.8 Å². The molecule has 0 spiro atoms. The van der Waals surface area contributed by atoms with Crippen LogP contribution in [0.5, 0.6) is 0 Å². The van der Waals surface area contributed by atoms with E-state index in [1.54, 1.807) is 6.07 Å². The molecule has 0 fully saturated rings. The Morgan fingerprint density at radius 1 is 1.47 bits per heavy atom. The monoisotopic (exact) mass is 359 g/mol. The normalized spacial score (nSPS) is 12.3. The van der Waals surface area contributed by atoms with Gasteiger partial charge in [-0.25, -0.2) is 8.42 Å². The van der Waals surface area contributed by atoms with Crippen LogP contribution in [0.25, 0.3) is 0 Å². The van der Waals surface area contributed by atoms with Gasteiger partial charge in [0.2, 0.25) is 10.0 Å². The zero-order valence-electron chi connectivity index (χ0n) is 9.74. The minimum absolute atomic E-state index is 0.327. The zero-order chi connectivity index (χ0) is 13.1. The molecule has 0 aliphatic carbocycles. The van der Waals surface area contributed by atoms with E-state index in [9.17, 15) is 8.42 Å². The highest BCUT2D eigenvalue weighted by molar-refractivity contribution is 9.11. The summed E-state index contributed by atoms with van der Waals surface area (Å²) >= 11 is 10.4. The Morgan fingerprint density at radius 2 is 2.12 bits per heavy atom. The molecular formula is C10H15BrClNO2S2. The number of hydrogen-bond acceptors (Lipinski definition) is 3. The number of thiophene rings is 1. The Hall–Kier alpha value is 0.380. The Balaban J connectivity index is 3.15. The van der Waals surface area contributed by atoms with E-state index in [4.69, 9.17) is 11.6 Å². The predicted octanol–water partition coefficient (Wildman–Crippen LogP) is 3.67. The summed E-state index contributed by atoms with van der Waals surface area (Å²) in [4.78, 5) is 1.18. The second-order valence-corrected chi connectivity index (χ2v) is 8.11. The van der Waals surface area contributed by atoms with Gasteiger partial charge < -0.3 is 0 Å². The fraction of sp³-hybridized carbons (Fsp3) is 0.600. The molecule has 0 aliphatic rings. The molecule has 0 saturated carbocycles. The molecule has 1 rings (SSSR count). The van der Waals surface area contributed by atoms with E-state index in [0.29, 0.717) is 27.7 Å². The molecule has 1 aromatic rings. The summed E-state index contributed by atoms with van der Waals surface area (Å²) in [6.45, 7) is 4.83. The maximum Gasteiger partial charge on any atom is 0.245 e. The van der Waals surface area contributed by atoms with Gasteiger partial charge in [0.05, 0.1) is 9.67 Å². The molecule has 3 nitrogen and oxygen atoms in total. The van der Waals surface area contributed by atoms with Crippen LogP contribution in [-0.4, -0.2) is 25.8 Å². The molecule has 0 N–H and O–H groups in total. The van der Waals surface area contributed by atoms with Crippen LogP contribution in [0.2, 0.25) is 0 Å². The van der Waals surface area contributed by atoms with Gasteiger partial charge in [-0.05, 0) is 28.4 Å². The summed E-state index contributed by atoms with van der Waals surface area (Å²) in [7, 11) is -3.39. The molecule has 0 saturated heterocycles. The number of nitrogens with zero attached hydrogens (tertiary/aromatic N) is 1. The Kier molecular flexibility index (Phi) is 5.92. The van der Waals surface area contributed by atoms with Gasteiger partial charge in [-0.15, -0.1) is 22.9 Å². The molecule has 98 valence electrons. The van der Waals surface area contributed by atoms with Crippen molar-refractivity contribution in [1.82, 2.24) is 4.31 Å². The smallest absolute Gasteiger partial charge is 0.207 e. The average Bonchev–Trinajstić information content (AvgIpc) is 2.67. The first-order valence-electron chi connectivity index (χ1n) is 5.31. The predicted molar refractivity (Wildman–Crippen MR) is 76.3 cm³/mol. The van der Waals surface area contributed by atoms with Crippen LogP contribution < -0.4 is 0 Å². The number of hydrogen-bond donors (Lipinski definition) is 0. The largest absolute Gasteiger partial charge is 0.245 e. The third-order valence-electron chi connectivity index (χ3n) is 2.28. The number of halogens is 2. The molecule has 7 heteroatoms. The summed E-state index contributed by atoms with van der Waals surface area (Å²) in [6, 6.07) is 1.65. The molecule has 0 radical (unpaired) electrons. The molecule has 0 aromatic carbocycles. The van der Waals surface area contributed by atoms with Crippen LogP contribution in [0.1, 0.15) is 25.1 Å². The molecular weight excluding hydrogens is 346 g/mol. The maximum absolute atomic E-state index is 12.4. The minimum Gasteiger partial charge on any atom is -0.207 e. The lowest BCUT2D eigenvalue weighted by molar-refractivity contribution is 0.427. The molecule has 17 heavy (non-hydrogen) atoms. The van der Waals surface area contributed by atoms with Crippen LogP contribution in [0.15, 0.2) is 14.7 Å². The van der Waals surface area contributed by atoms with E-state index in [-0.39, 0.29) is 0 Å². The lowest BCUT2D eigenvalue weighted by Gasteiger charge is -2.19. The average molecular weight is 361 g/mol. The first-order chi connectivity index (χ1) is 7.97. The summed E-state index contributed by atoms with van der Waals surface area (Å²) < 4.78 is 26.8. The van der Waals surface area contributed by atoms with Crippen molar-refractivity contribution in [3.63, 3.8) is 0 Å². The van der Waals surface area contributed by atoms with Crippen molar-refractivity contribution in [2.24, 2.45) is 0 Å². The van der Waals surface area contributed by atoms with Crippen LogP contribution in [-0.2, 0) is 15.9 Å². The molecule has 0 aliphatic heterocycles. The van der Waals surface area contributed by atoms with Crippen molar-refractivity contribution in [1.29, 1.82) is 0 Å².